The second kappa shape index (κ2) is 6.13. The Labute approximate surface area is 124 Å². The Morgan fingerprint density at radius 2 is 1.95 bits per heavy atom. The zero-order chi connectivity index (χ0) is 15.5. The molecule has 116 valence electrons. The fourth-order valence-corrected chi connectivity index (χ4v) is 3.26. The summed E-state index contributed by atoms with van der Waals surface area (Å²) in [6.07, 6.45) is 4.20. The molecule has 0 spiro atoms. The first kappa shape index (κ1) is 15.9. The Bertz CT molecular complexity index is 622. The van der Waals surface area contributed by atoms with E-state index in [4.69, 9.17) is 10.9 Å². The van der Waals surface area contributed by atoms with Gasteiger partial charge in [0.2, 0.25) is 15.9 Å². The molecule has 0 atom stereocenters. The van der Waals surface area contributed by atoms with Crippen LogP contribution in [0.3, 0.4) is 0 Å². The minimum atomic E-state index is -3.73. The van der Waals surface area contributed by atoms with Gasteiger partial charge in [-0.05, 0) is 30.5 Å². The van der Waals surface area contributed by atoms with Gasteiger partial charge in [0.1, 0.15) is 0 Å². The van der Waals surface area contributed by atoms with Crippen molar-refractivity contribution in [3.05, 3.63) is 29.8 Å². The summed E-state index contributed by atoms with van der Waals surface area (Å²) in [4.78, 5) is 12.0. The smallest absolute Gasteiger partial charge is 0.238 e. The van der Waals surface area contributed by atoms with Gasteiger partial charge < -0.3 is 11.1 Å². The fraction of sp³-hybridized carbons (Fsp3) is 0.500. The molecule has 7 heteroatoms. The van der Waals surface area contributed by atoms with Gasteiger partial charge in [0.05, 0.1) is 4.90 Å². The average Bonchev–Trinajstić information content (AvgIpc) is 2.82. The molecule has 0 aromatic heterocycles. The molecule has 5 N–H and O–H groups in total. The van der Waals surface area contributed by atoms with Gasteiger partial charge >= 0.3 is 0 Å². The van der Waals surface area contributed by atoms with E-state index in [1.54, 1.807) is 12.1 Å². The summed E-state index contributed by atoms with van der Waals surface area (Å²) < 4.78 is 22.5. The molecule has 2 rings (SSSR count). The number of sulfonamides is 1. The van der Waals surface area contributed by atoms with Crippen LogP contribution in [0.25, 0.3) is 0 Å². The number of nitrogens with one attached hydrogen (secondary N) is 1. The van der Waals surface area contributed by atoms with E-state index in [1.807, 2.05) is 0 Å². The summed E-state index contributed by atoms with van der Waals surface area (Å²) in [5, 5.41) is 7.85. The minimum Gasteiger partial charge on any atom is -0.352 e. The Morgan fingerprint density at radius 1 is 1.29 bits per heavy atom. The molecular weight excluding hydrogens is 290 g/mol. The second-order valence-electron chi connectivity index (χ2n) is 5.72. The SMILES string of the molecule is NC1(CC(=O)NCc2cccc(S(N)(=O)=O)c2)CCCC1. The maximum Gasteiger partial charge on any atom is 0.238 e. The molecule has 0 bridgehead atoms. The number of primary sulfonamides is 1. The van der Waals surface area contributed by atoms with Gasteiger partial charge in [0.25, 0.3) is 0 Å². The molecule has 0 heterocycles. The molecule has 1 aliphatic carbocycles. The molecule has 1 saturated carbocycles. The molecule has 0 aliphatic heterocycles. The van der Waals surface area contributed by atoms with Crippen molar-refractivity contribution in [1.29, 1.82) is 0 Å². The Morgan fingerprint density at radius 3 is 2.57 bits per heavy atom. The fourth-order valence-electron chi connectivity index (χ4n) is 2.67. The van der Waals surface area contributed by atoms with Crippen LogP contribution in [0.1, 0.15) is 37.7 Å². The molecule has 0 radical (unpaired) electrons. The van der Waals surface area contributed by atoms with E-state index in [1.165, 1.54) is 12.1 Å². The van der Waals surface area contributed by atoms with Gasteiger partial charge in [0, 0.05) is 18.5 Å². The van der Waals surface area contributed by atoms with Crippen LogP contribution in [0, 0.1) is 0 Å². The lowest BCUT2D eigenvalue weighted by Crippen LogP contribution is -2.42. The summed E-state index contributed by atoms with van der Waals surface area (Å²) in [5.74, 6) is -0.111. The highest BCUT2D eigenvalue weighted by Gasteiger charge is 2.31. The van der Waals surface area contributed by atoms with E-state index in [0.29, 0.717) is 12.0 Å². The summed E-state index contributed by atoms with van der Waals surface area (Å²) in [5.41, 5.74) is 6.46. The number of nitrogens with two attached hydrogens (primary N) is 2. The van der Waals surface area contributed by atoms with Crippen LogP contribution in [0.4, 0.5) is 0 Å². The molecule has 0 saturated heterocycles. The van der Waals surface area contributed by atoms with Gasteiger partial charge in [-0.2, -0.15) is 0 Å². The maximum atomic E-state index is 11.9. The lowest BCUT2D eigenvalue weighted by Gasteiger charge is -2.22. The third-order valence-electron chi connectivity index (χ3n) is 3.83. The van der Waals surface area contributed by atoms with Crippen molar-refractivity contribution in [3.8, 4) is 0 Å². The number of amides is 1. The van der Waals surface area contributed by atoms with Crippen LogP contribution in [-0.2, 0) is 21.4 Å². The van der Waals surface area contributed by atoms with Crippen molar-refractivity contribution < 1.29 is 13.2 Å². The summed E-state index contributed by atoms with van der Waals surface area (Å²) in [6.45, 7) is 0.262. The van der Waals surface area contributed by atoms with E-state index < -0.39 is 10.0 Å². The molecule has 1 aliphatic rings. The van der Waals surface area contributed by atoms with Crippen molar-refractivity contribution in [2.45, 2.75) is 49.1 Å². The number of benzene rings is 1. The lowest BCUT2D eigenvalue weighted by molar-refractivity contribution is -0.122. The van der Waals surface area contributed by atoms with Gasteiger partial charge in [0.15, 0.2) is 0 Å². The van der Waals surface area contributed by atoms with Crippen molar-refractivity contribution in [2.75, 3.05) is 0 Å². The highest BCUT2D eigenvalue weighted by molar-refractivity contribution is 7.89. The van der Waals surface area contributed by atoms with Crippen LogP contribution >= 0.6 is 0 Å². The Balaban J connectivity index is 1.92. The predicted octanol–water partition coefficient (Wildman–Crippen LogP) is 0.612. The molecule has 1 aromatic carbocycles. The maximum absolute atomic E-state index is 11.9. The topological polar surface area (TPSA) is 115 Å². The standard InChI is InChI=1S/C14H21N3O3S/c15-14(6-1-2-7-14)9-13(18)17-10-11-4-3-5-12(8-11)21(16,19)20/h3-5,8H,1-2,6-7,9-10,15H2,(H,17,18)(H2,16,19,20). The van der Waals surface area contributed by atoms with E-state index >= 15 is 0 Å². The van der Waals surface area contributed by atoms with Crippen molar-refractivity contribution in [1.82, 2.24) is 5.32 Å². The summed E-state index contributed by atoms with van der Waals surface area (Å²) >= 11 is 0. The summed E-state index contributed by atoms with van der Waals surface area (Å²) in [7, 11) is -3.73. The Hall–Kier alpha value is -1.44. The molecule has 1 fully saturated rings. The molecule has 0 unspecified atom stereocenters. The molecular formula is C14H21N3O3S. The lowest BCUT2D eigenvalue weighted by atomic mass is 9.94. The first-order valence-corrected chi connectivity index (χ1v) is 8.50. The quantitative estimate of drug-likeness (QED) is 0.739. The number of carbonyl (C=O) groups is 1. The van der Waals surface area contributed by atoms with Crippen molar-refractivity contribution >= 4 is 15.9 Å². The minimum absolute atomic E-state index is 0.0420. The van der Waals surface area contributed by atoms with E-state index in [-0.39, 0.29) is 22.9 Å². The van der Waals surface area contributed by atoms with Crippen LogP contribution in [-0.4, -0.2) is 19.9 Å². The predicted molar refractivity (Wildman–Crippen MR) is 79.7 cm³/mol. The van der Waals surface area contributed by atoms with E-state index in [9.17, 15) is 13.2 Å². The van der Waals surface area contributed by atoms with Gasteiger partial charge in [-0.15, -0.1) is 0 Å². The second-order valence-corrected chi connectivity index (χ2v) is 7.28. The first-order chi connectivity index (χ1) is 9.78. The van der Waals surface area contributed by atoms with Crippen molar-refractivity contribution in [2.24, 2.45) is 10.9 Å². The van der Waals surface area contributed by atoms with Gasteiger partial charge in [-0.25, -0.2) is 13.6 Å². The zero-order valence-corrected chi connectivity index (χ0v) is 12.7. The normalized spacial score (nSPS) is 17.6. The molecule has 21 heavy (non-hydrogen) atoms. The van der Waals surface area contributed by atoms with Crippen LogP contribution in [0.5, 0.6) is 0 Å². The Kier molecular flexibility index (Phi) is 4.65. The summed E-state index contributed by atoms with van der Waals surface area (Å²) in [6, 6.07) is 6.23. The zero-order valence-electron chi connectivity index (χ0n) is 11.8. The molecule has 1 amide bonds. The van der Waals surface area contributed by atoms with Crippen LogP contribution in [0.2, 0.25) is 0 Å². The van der Waals surface area contributed by atoms with Gasteiger partial charge in [-0.1, -0.05) is 25.0 Å². The number of rotatable bonds is 5. The van der Waals surface area contributed by atoms with Crippen LogP contribution in [0.15, 0.2) is 29.2 Å². The number of hydrogen-bond donors (Lipinski definition) is 3. The number of carbonyl (C=O) groups excluding carboxylic acids is 1. The van der Waals surface area contributed by atoms with E-state index in [0.717, 1.165) is 25.7 Å². The highest BCUT2D eigenvalue weighted by Crippen LogP contribution is 2.29. The third-order valence-corrected chi connectivity index (χ3v) is 4.74. The largest absolute Gasteiger partial charge is 0.352 e. The number of hydrogen-bond acceptors (Lipinski definition) is 4. The van der Waals surface area contributed by atoms with Crippen LogP contribution < -0.4 is 16.2 Å². The van der Waals surface area contributed by atoms with Gasteiger partial charge in [-0.3, -0.25) is 4.79 Å². The first-order valence-electron chi connectivity index (χ1n) is 6.96. The molecule has 6 nitrogen and oxygen atoms in total. The average molecular weight is 311 g/mol. The van der Waals surface area contributed by atoms with E-state index in [2.05, 4.69) is 5.32 Å². The van der Waals surface area contributed by atoms with Crippen molar-refractivity contribution in [3.63, 3.8) is 0 Å². The monoisotopic (exact) mass is 311 g/mol. The highest BCUT2D eigenvalue weighted by atomic mass is 32.2. The molecule has 1 aromatic rings. The third kappa shape index (κ3) is 4.52.